The fourth-order valence-corrected chi connectivity index (χ4v) is 6.11. The number of sulfonamides is 1. The van der Waals surface area contributed by atoms with Crippen LogP contribution in [-0.2, 0) is 16.4 Å². The van der Waals surface area contributed by atoms with Gasteiger partial charge in [-0.05, 0) is 42.7 Å². The van der Waals surface area contributed by atoms with Crippen LogP contribution in [-0.4, -0.2) is 31.7 Å². The molecule has 21 heavy (non-hydrogen) atoms. The van der Waals surface area contributed by atoms with E-state index in [-0.39, 0.29) is 5.41 Å². The highest BCUT2D eigenvalue weighted by atomic mass is 35.5. The molecule has 0 N–H and O–H groups in total. The maximum Gasteiger partial charge on any atom is 0.252 e. The zero-order chi connectivity index (χ0) is 15.7. The first kappa shape index (κ1) is 17.3. The van der Waals surface area contributed by atoms with E-state index in [1.807, 2.05) is 6.07 Å². The molecule has 1 aliphatic heterocycles. The lowest BCUT2D eigenvalue weighted by molar-refractivity contribution is 0.154. The number of alkyl halides is 1. The van der Waals surface area contributed by atoms with Gasteiger partial charge in [-0.3, -0.25) is 0 Å². The van der Waals surface area contributed by atoms with Gasteiger partial charge in [-0.1, -0.05) is 20.8 Å². The summed E-state index contributed by atoms with van der Waals surface area (Å²) < 4.78 is 27.4. The second-order valence-corrected chi connectivity index (χ2v) is 10.4. The van der Waals surface area contributed by atoms with Gasteiger partial charge in [0.05, 0.1) is 0 Å². The number of hydrogen-bond acceptors (Lipinski definition) is 3. The Hall–Kier alpha value is -0.100. The van der Waals surface area contributed by atoms with Gasteiger partial charge in [-0.2, -0.15) is 4.31 Å². The third kappa shape index (κ3) is 4.01. The Morgan fingerprint density at radius 1 is 1.29 bits per heavy atom. The molecule has 1 aromatic heterocycles. The summed E-state index contributed by atoms with van der Waals surface area (Å²) in [4.78, 5) is 1.04. The maximum atomic E-state index is 12.7. The van der Waals surface area contributed by atoms with E-state index in [9.17, 15) is 8.42 Å². The smallest absolute Gasteiger partial charge is 0.206 e. The summed E-state index contributed by atoms with van der Waals surface area (Å²) in [6, 6.07) is 3.60. The summed E-state index contributed by atoms with van der Waals surface area (Å²) in [5, 5.41) is 0. The molecule has 120 valence electrons. The highest BCUT2D eigenvalue weighted by molar-refractivity contribution is 7.91. The molecule has 0 radical (unpaired) electrons. The maximum absolute atomic E-state index is 12.7. The first-order valence-electron chi connectivity index (χ1n) is 7.40. The van der Waals surface area contributed by atoms with Gasteiger partial charge in [-0.25, -0.2) is 8.42 Å². The molecule has 2 rings (SSSR count). The quantitative estimate of drug-likeness (QED) is 0.771. The highest BCUT2D eigenvalue weighted by Gasteiger charge is 2.34. The molecule has 1 aromatic rings. The molecule has 0 amide bonds. The van der Waals surface area contributed by atoms with Crippen molar-refractivity contribution in [3.05, 3.63) is 17.0 Å². The largest absolute Gasteiger partial charge is 0.252 e. The minimum Gasteiger partial charge on any atom is -0.206 e. The third-order valence-corrected chi connectivity index (χ3v) is 7.95. The summed E-state index contributed by atoms with van der Waals surface area (Å²) >= 11 is 7.06. The molecule has 0 aliphatic carbocycles. The Morgan fingerprint density at radius 2 is 1.90 bits per heavy atom. The Kier molecular flexibility index (Phi) is 5.40. The summed E-state index contributed by atoms with van der Waals surface area (Å²) in [6.45, 7) is 7.97. The lowest BCUT2D eigenvalue weighted by atomic mass is 9.76. The van der Waals surface area contributed by atoms with Crippen LogP contribution >= 0.6 is 22.9 Å². The summed E-state index contributed by atoms with van der Waals surface area (Å²) in [5.41, 5.74) is 0.256. The Labute approximate surface area is 137 Å². The Bertz CT molecular complexity index is 567. The lowest BCUT2D eigenvalue weighted by Gasteiger charge is -2.38. The first-order chi connectivity index (χ1) is 9.75. The highest BCUT2D eigenvalue weighted by Crippen LogP contribution is 2.36. The molecule has 1 aliphatic rings. The number of piperidine rings is 1. The SMILES string of the molecule is CC(C)(C)C1CCN(S(=O)(=O)c2ccc(CCCl)s2)CC1. The van der Waals surface area contributed by atoms with Crippen molar-refractivity contribution in [3.63, 3.8) is 0 Å². The normalized spacial score (nSPS) is 19.0. The van der Waals surface area contributed by atoms with Gasteiger partial charge in [0, 0.05) is 23.8 Å². The number of hydrogen-bond donors (Lipinski definition) is 0. The molecule has 1 saturated heterocycles. The van der Waals surface area contributed by atoms with Crippen molar-refractivity contribution in [2.75, 3.05) is 19.0 Å². The first-order valence-corrected chi connectivity index (χ1v) is 10.2. The predicted molar refractivity (Wildman–Crippen MR) is 89.7 cm³/mol. The van der Waals surface area contributed by atoms with Crippen molar-refractivity contribution >= 4 is 33.0 Å². The van der Waals surface area contributed by atoms with Gasteiger partial charge < -0.3 is 0 Å². The van der Waals surface area contributed by atoms with Crippen LogP contribution in [0.1, 0.15) is 38.5 Å². The van der Waals surface area contributed by atoms with Crippen molar-refractivity contribution in [1.82, 2.24) is 4.31 Å². The van der Waals surface area contributed by atoms with Crippen molar-refractivity contribution in [1.29, 1.82) is 0 Å². The van der Waals surface area contributed by atoms with Crippen molar-refractivity contribution in [3.8, 4) is 0 Å². The molecular formula is C15H24ClNO2S2. The van der Waals surface area contributed by atoms with E-state index >= 15 is 0 Å². The van der Waals surface area contributed by atoms with Crippen LogP contribution in [0.5, 0.6) is 0 Å². The van der Waals surface area contributed by atoms with Gasteiger partial charge in [0.2, 0.25) is 0 Å². The molecule has 0 atom stereocenters. The van der Waals surface area contributed by atoms with Crippen LogP contribution in [0.3, 0.4) is 0 Å². The van der Waals surface area contributed by atoms with Gasteiger partial charge in [0.25, 0.3) is 10.0 Å². The zero-order valence-corrected chi connectivity index (χ0v) is 15.3. The van der Waals surface area contributed by atoms with E-state index < -0.39 is 10.0 Å². The fourth-order valence-electron chi connectivity index (χ4n) is 2.81. The van der Waals surface area contributed by atoms with E-state index in [1.165, 1.54) is 11.3 Å². The second kappa shape index (κ2) is 6.57. The van der Waals surface area contributed by atoms with Crippen molar-refractivity contribution in [2.24, 2.45) is 11.3 Å². The minimum absolute atomic E-state index is 0.256. The number of nitrogens with zero attached hydrogens (tertiary/aromatic N) is 1. The monoisotopic (exact) mass is 349 g/mol. The van der Waals surface area contributed by atoms with E-state index in [0.717, 1.165) is 24.1 Å². The molecule has 0 spiro atoms. The van der Waals surface area contributed by atoms with Crippen LogP contribution in [0.25, 0.3) is 0 Å². The molecule has 0 saturated carbocycles. The van der Waals surface area contributed by atoms with Crippen molar-refractivity contribution in [2.45, 2.75) is 44.2 Å². The molecule has 6 heteroatoms. The van der Waals surface area contributed by atoms with Crippen LogP contribution < -0.4 is 0 Å². The molecule has 3 nitrogen and oxygen atoms in total. The van der Waals surface area contributed by atoms with Crippen LogP contribution in [0, 0.1) is 11.3 Å². The van der Waals surface area contributed by atoms with Crippen LogP contribution in [0.4, 0.5) is 0 Å². The van der Waals surface area contributed by atoms with Crippen LogP contribution in [0.15, 0.2) is 16.3 Å². The molecule has 2 heterocycles. The Morgan fingerprint density at radius 3 is 2.43 bits per heavy atom. The van der Waals surface area contributed by atoms with E-state index in [4.69, 9.17) is 11.6 Å². The van der Waals surface area contributed by atoms with E-state index in [1.54, 1.807) is 10.4 Å². The van der Waals surface area contributed by atoms with Gasteiger partial charge >= 0.3 is 0 Å². The standard InChI is InChI=1S/C15H24ClNO2S2/c1-15(2,3)12-7-10-17(11-8-12)21(18,19)14-5-4-13(20-14)6-9-16/h4-5,12H,6-11H2,1-3H3. The molecule has 0 bridgehead atoms. The number of halogens is 1. The Balaban J connectivity index is 2.07. The van der Waals surface area contributed by atoms with Gasteiger partial charge in [-0.15, -0.1) is 22.9 Å². The summed E-state index contributed by atoms with van der Waals surface area (Å²) in [7, 11) is -3.32. The number of aryl methyl sites for hydroxylation is 1. The number of rotatable bonds is 4. The van der Waals surface area contributed by atoms with E-state index in [0.29, 0.717) is 29.1 Å². The third-order valence-electron chi connectivity index (χ3n) is 4.25. The van der Waals surface area contributed by atoms with E-state index in [2.05, 4.69) is 20.8 Å². The lowest BCUT2D eigenvalue weighted by Crippen LogP contribution is -2.41. The molecular weight excluding hydrogens is 326 g/mol. The second-order valence-electron chi connectivity index (χ2n) is 6.70. The van der Waals surface area contributed by atoms with Crippen LogP contribution in [0.2, 0.25) is 0 Å². The molecule has 1 fully saturated rings. The molecule has 0 aromatic carbocycles. The minimum atomic E-state index is -3.32. The summed E-state index contributed by atoms with van der Waals surface area (Å²) in [5.74, 6) is 1.12. The number of thiophene rings is 1. The average Bonchev–Trinajstić information content (AvgIpc) is 2.88. The van der Waals surface area contributed by atoms with Crippen molar-refractivity contribution < 1.29 is 8.42 Å². The average molecular weight is 350 g/mol. The van der Waals surface area contributed by atoms with Gasteiger partial charge in [0.15, 0.2) is 0 Å². The summed E-state index contributed by atoms with van der Waals surface area (Å²) in [6.07, 6.45) is 2.62. The predicted octanol–water partition coefficient (Wildman–Crippen LogP) is 3.98. The van der Waals surface area contributed by atoms with Gasteiger partial charge in [0.1, 0.15) is 4.21 Å². The zero-order valence-electron chi connectivity index (χ0n) is 12.9. The molecule has 0 unspecified atom stereocenters. The topological polar surface area (TPSA) is 37.4 Å². The fraction of sp³-hybridized carbons (Fsp3) is 0.733.